The molecule has 0 radical (unpaired) electrons. The number of nitrogens with zero attached hydrogens (tertiary/aromatic N) is 1. The minimum Gasteiger partial charge on any atom is -0.394 e. The fourth-order valence-corrected chi connectivity index (χ4v) is 4.03. The van der Waals surface area contributed by atoms with Crippen LogP contribution in [0, 0.1) is 0 Å². The first-order valence-electron chi connectivity index (χ1n) is 11.4. The van der Waals surface area contributed by atoms with Gasteiger partial charge < -0.3 is 49.6 Å². The molecular formula is C23H33NO12. The number of hydroxylamine groups is 2. The molecule has 10 atom stereocenters. The standard InChI is InChI=1S/C23H33NO12/c1-2-8-33-24(12-27)16-19(30)17(28)14(9-25)34-22(16)36-21-18(29)15(10-26)35-23(20(21)31)32-11-13-6-4-3-5-7-13/h2-7,12,14-23,25-26,28-31H,1,8-11H2/t14-,15-,16-,17-,18+,19-,20-,21+,22+,23-/m1/s1. The van der Waals surface area contributed by atoms with Crippen molar-refractivity contribution in [1.29, 1.82) is 0 Å². The van der Waals surface area contributed by atoms with Crippen LogP contribution in [-0.2, 0) is 35.2 Å². The second-order valence-electron chi connectivity index (χ2n) is 8.35. The average molecular weight is 516 g/mol. The van der Waals surface area contributed by atoms with Crippen LogP contribution in [0.25, 0.3) is 0 Å². The molecule has 3 rings (SSSR count). The van der Waals surface area contributed by atoms with Gasteiger partial charge in [-0.05, 0) is 5.56 Å². The van der Waals surface area contributed by atoms with Gasteiger partial charge in [0.2, 0.25) is 6.41 Å². The van der Waals surface area contributed by atoms with E-state index in [2.05, 4.69) is 6.58 Å². The van der Waals surface area contributed by atoms with Gasteiger partial charge in [0, 0.05) is 0 Å². The first-order chi connectivity index (χ1) is 17.4. The van der Waals surface area contributed by atoms with Gasteiger partial charge in [-0.25, -0.2) is 5.06 Å². The second-order valence-corrected chi connectivity index (χ2v) is 8.35. The summed E-state index contributed by atoms with van der Waals surface area (Å²) in [5, 5.41) is 62.6. The van der Waals surface area contributed by atoms with Crippen LogP contribution in [0.3, 0.4) is 0 Å². The number of carbonyl (C=O) groups is 1. The van der Waals surface area contributed by atoms with Crippen LogP contribution in [0.1, 0.15) is 5.56 Å². The van der Waals surface area contributed by atoms with E-state index in [-0.39, 0.29) is 19.6 Å². The lowest BCUT2D eigenvalue weighted by molar-refractivity contribution is -0.366. The maximum Gasteiger partial charge on any atom is 0.233 e. The normalized spacial score (nSPS) is 36.8. The van der Waals surface area contributed by atoms with Gasteiger partial charge in [0.15, 0.2) is 12.6 Å². The lowest BCUT2D eigenvalue weighted by atomic mass is 9.95. The van der Waals surface area contributed by atoms with E-state index in [1.54, 1.807) is 24.3 Å². The molecule has 2 aliphatic rings. The average Bonchev–Trinajstić information content (AvgIpc) is 2.90. The van der Waals surface area contributed by atoms with Crippen molar-refractivity contribution in [2.45, 2.75) is 68.0 Å². The fraction of sp³-hybridized carbons (Fsp3) is 0.609. The summed E-state index contributed by atoms with van der Waals surface area (Å²) in [7, 11) is 0. The van der Waals surface area contributed by atoms with Crippen molar-refractivity contribution in [3.8, 4) is 0 Å². The lowest BCUT2D eigenvalue weighted by Gasteiger charge is -2.48. The predicted molar refractivity (Wildman–Crippen MR) is 119 cm³/mol. The summed E-state index contributed by atoms with van der Waals surface area (Å²) in [5.74, 6) is 0. The van der Waals surface area contributed by atoms with Crippen molar-refractivity contribution in [1.82, 2.24) is 5.06 Å². The summed E-state index contributed by atoms with van der Waals surface area (Å²) >= 11 is 0. The molecule has 36 heavy (non-hydrogen) atoms. The van der Waals surface area contributed by atoms with Gasteiger partial charge in [0.25, 0.3) is 0 Å². The summed E-state index contributed by atoms with van der Waals surface area (Å²) in [6, 6.07) is 7.54. The predicted octanol–water partition coefficient (Wildman–Crippen LogP) is -2.59. The highest BCUT2D eigenvalue weighted by atomic mass is 16.7. The smallest absolute Gasteiger partial charge is 0.233 e. The molecule has 0 spiro atoms. The van der Waals surface area contributed by atoms with Gasteiger partial charge in [0.05, 0.1) is 26.4 Å². The molecule has 2 heterocycles. The maximum atomic E-state index is 11.7. The van der Waals surface area contributed by atoms with E-state index in [4.69, 9.17) is 23.8 Å². The Bertz CT molecular complexity index is 816. The SMILES string of the molecule is C=CCON(C=O)[C@H]1[C@H](O[C@H]2[C@@H](O)[C@@H](CO)O[C@@H](OCc3ccccc3)[C@@H]2O)O[C@H](CO)[C@@H](O)[C@@H]1O. The zero-order valence-electron chi connectivity index (χ0n) is 19.4. The third-order valence-electron chi connectivity index (χ3n) is 5.96. The highest BCUT2D eigenvalue weighted by Crippen LogP contribution is 2.31. The Balaban J connectivity index is 1.83. The van der Waals surface area contributed by atoms with Crippen LogP contribution in [0.2, 0.25) is 0 Å². The molecule has 202 valence electrons. The van der Waals surface area contributed by atoms with E-state index < -0.39 is 74.6 Å². The molecule has 13 nitrogen and oxygen atoms in total. The minimum atomic E-state index is -1.70. The number of amides is 1. The van der Waals surface area contributed by atoms with Crippen molar-refractivity contribution >= 4 is 6.41 Å². The van der Waals surface area contributed by atoms with E-state index in [0.29, 0.717) is 5.06 Å². The molecule has 0 aromatic heterocycles. The molecule has 0 saturated carbocycles. The van der Waals surface area contributed by atoms with Crippen molar-refractivity contribution in [2.24, 2.45) is 0 Å². The molecule has 0 unspecified atom stereocenters. The van der Waals surface area contributed by atoms with Gasteiger partial charge >= 0.3 is 0 Å². The van der Waals surface area contributed by atoms with Crippen molar-refractivity contribution in [3.63, 3.8) is 0 Å². The monoisotopic (exact) mass is 515 g/mol. The number of aliphatic hydroxyl groups excluding tert-OH is 6. The van der Waals surface area contributed by atoms with Crippen LogP contribution in [-0.4, -0.2) is 123 Å². The van der Waals surface area contributed by atoms with Crippen molar-refractivity contribution in [2.75, 3.05) is 19.8 Å². The summed E-state index contributed by atoms with van der Waals surface area (Å²) in [5.41, 5.74) is 0.775. The van der Waals surface area contributed by atoms with E-state index in [0.717, 1.165) is 5.56 Å². The van der Waals surface area contributed by atoms with Gasteiger partial charge in [0.1, 0.15) is 48.8 Å². The zero-order chi connectivity index (χ0) is 26.2. The van der Waals surface area contributed by atoms with Crippen molar-refractivity contribution in [3.05, 3.63) is 48.6 Å². The molecule has 6 N–H and O–H groups in total. The first-order valence-corrected chi connectivity index (χ1v) is 11.4. The number of hydrogen-bond acceptors (Lipinski definition) is 12. The van der Waals surface area contributed by atoms with Gasteiger partial charge in [-0.15, -0.1) is 6.58 Å². The number of benzene rings is 1. The molecule has 1 aromatic carbocycles. The molecule has 1 aromatic rings. The highest BCUT2D eigenvalue weighted by molar-refractivity contribution is 5.46. The maximum absolute atomic E-state index is 11.7. The topological polar surface area (TPSA) is 188 Å². The van der Waals surface area contributed by atoms with E-state index in [1.807, 2.05) is 6.07 Å². The minimum absolute atomic E-state index is 0.0396. The Labute approximate surface area is 207 Å². The lowest BCUT2D eigenvalue weighted by Crippen LogP contribution is -2.67. The number of ether oxygens (including phenoxy) is 4. The van der Waals surface area contributed by atoms with E-state index >= 15 is 0 Å². The number of carbonyl (C=O) groups excluding carboxylic acids is 1. The Morgan fingerprint density at radius 3 is 2.17 bits per heavy atom. The van der Waals surface area contributed by atoms with Crippen LogP contribution in [0.15, 0.2) is 43.0 Å². The van der Waals surface area contributed by atoms with Crippen LogP contribution >= 0.6 is 0 Å². The zero-order valence-corrected chi connectivity index (χ0v) is 19.4. The summed E-state index contributed by atoms with van der Waals surface area (Å²) in [6.45, 7) is 2.03. The molecule has 13 heteroatoms. The van der Waals surface area contributed by atoms with E-state index in [9.17, 15) is 35.4 Å². The fourth-order valence-electron chi connectivity index (χ4n) is 4.03. The Morgan fingerprint density at radius 2 is 1.56 bits per heavy atom. The van der Waals surface area contributed by atoms with Crippen LogP contribution in [0.5, 0.6) is 0 Å². The largest absolute Gasteiger partial charge is 0.394 e. The molecule has 2 fully saturated rings. The Kier molecular flexibility index (Phi) is 10.7. The van der Waals surface area contributed by atoms with Gasteiger partial charge in [-0.3, -0.25) is 9.63 Å². The second kappa shape index (κ2) is 13.5. The summed E-state index contributed by atoms with van der Waals surface area (Å²) in [4.78, 5) is 16.9. The molecule has 2 saturated heterocycles. The molecular weight excluding hydrogens is 482 g/mol. The first kappa shape index (κ1) is 28.6. The molecule has 2 aliphatic heterocycles. The number of aliphatic hydroxyl groups is 6. The van der Waals surface area contributed by atoms with Crippen LogP contribution in [0.4, 0.5) is 0 Å². The van der Waals surface area contributed by atoms with E-state index in [1.165, 1.54) is 6.08 Å². The summed E-state index contributed by atoms with van der Waals surface area (Å²) in [6.07, 6.45) is -11.9. The van der Waals surface area contributed by atoms with Gasteiger partial charge in [-0.1, -0.05) is 36.4 Å². The van der Waals surface area contributed by atoms with Gasteiger partial charge in [-0.2, -0.15) is 0 Å². The molecule has 0 bridgehead atoms. The highest BCUT2D eigenvalue weighted by Gasteiger charge is 2.53. The Hall–Kier alpha value is -2.01. The quantitative estimate of drug-likeness (QED) is 0.0970. The summed E-state index contributed by atoms with van der Waals surface area (Å²) < 4.78 is 22.6. The number of rotatable bonds is 12. The Morgan fingerprint density at radius 1 is 0.917 bits per heavy atom. The van der Waals surface area contributed by atoms with Crippen molar-refractivity contribution < 1.29 is 59.2 Å². The molecule has 1 amide bonds. The number of hydrogen-bond donors (Lipinski definition) is 6. The van der Waals surface area contributed by atoms with Crippen LogP contribution < -0.4 is 0 Å². The third kappa shape index (κ3) is 6.45. The third-order valence-corrected chi connectivity index (χ3v) is 5.96. The molecule has 0 aliphatic carbocycles.